The molecule has 1 spiro atoms. The maximum atomic E-state index is 13.8. The number of allylic oxidation sites excluding steroid dienone is 1. The molecule has 2 bridgehead atoms. The molecule has 0 amide bonds. The summed E-state index contributed by atoms with van der Waals surface area (Å²) in [6.07, 6.45) is 8.57. The number of hydrogen-bond acceptors (Lipinski definition) is 5. The van der Waals surface area contributed by atoms with Crippen molar-refractivity contribution in [2.45, 2.75) is 44.6 Å². The Kier molecular flexibility index (Phi) is 6.36. The predicted molar refractivity (Wildman–Crippen MR) is 127 cm³/mol. The van der Waals surface area contributed by atoms with Crippen molar-refractivity contribution in [3.63, 3.8) is 0 Å². The first-order valence-electron chi connectivity index (χ1n) is 12.3. The minimum Gasteiger partial charge on any atom is -0.462 e. The molecule has 0 heterocycles. The highest BCUT2D eigenvalue weighted by Crippen LogP contribution is 2.54. The van der Waals surface area contributed by atoms with Crippen molar-refractivity contribution in [3.8, 4) is 0 Å². The Labute approximate surface area is 200 Å². The topological polar surface area (TPSA) is 69.7 Å². The van der Waals surface area contributed by atoms with E-state index in [4.69, 9.17) is 9.47 Å². The summed E-state index contributed by atoms with van der Waals surface area (Å²) in [5.41, 5.74) is 0.446. The third-order valence-corrected chi connectivity index (χ3v) is 7.78. The van der Waals surface area contributed by atoms with Gasteiger partial charge < -0.3 is 9.47 Å². The fraction of sp³-hybridized carbons (Fsp3) is 0.414. The maximum Gasteiger partial charge on any atom is 0.338 e. The van der Waals surface area contributed by atoms with Crippen LogP contribution in [0.25, 0.3) is 0 Å². The lowest BCUT2D eigenvalue weighted by molar-refractivity contribution is -0.133. The minimum atomic E-state index is -0.582. The van der Waals surface area contributed by atoms with Crippen LogP contribution in [0.2, 0.25) is 0 Å². The lowest BCUT2D eigenvalue weighted by Gasteiger charge is -2.35. The third-order valence-electron chi connectivity index (χ3n) is 7.78. The molecule has 5 nitrogen and oxygen atoms in total. The Morgan fingerprint density at radius 2 is 1.56 bits per heavy atom. The van der Waals surface area contributed by atoms with Gasteiger partial charge in [0.05, 0.1) is 23.1 Å². The van der Waals surface area contributed by atoms with Crippen LogP contribution in [-0.2, 0) is 14.3 Å². The first-order chi connectivity index (χ1) is 16.6. The maximum absolute atomic E-state index is 13.8. The molecule has 5 atom stereocenters. The summed E-state index contributed by atoms with van der Waals surface area (Å²) < 4.78 is 11.6. The van der Waals surface area contributed by atoms with Gasteiger partial charge in [-0.3, -0.25) is 4.79 Å². The first-order valence-corrected chi connectivity index (χ1v) is 12.3. The van der Waals surface area contributed by atoms with Gasteiger partial charge in [0.15, 0.2) is 0 Å². The summed E-state index contributed by atoms with van der Waals surface area (Å²) in [5, 5.41) is 0. The van der Waals surface area contributed by atoms with E-state index >= 15 is 0 Å². The number of ketones is 1. The highest BCUT2D eigenvalue weighted by molar-refractivity contribution is 5.92. The molecule has 3 aliphatic carbocycles. The fourth-order valence-electron chi connectivity index (χ4n) is 6.10. The summed E-state index contributed by atoms with van der Waals surface area (Å²) in [7, 11) is 0. The lowest BCUT2D eigenvalue weighted by atomic mass is 9.69. The lowest BCUT2D eigenvalue weighted by Crippen LogP contribution is -2.40. The van der Waals surface area contributed by atoms with Crippen LogP contribution in [0, 0.1) is 23.2 Å². The van der Waals surface area contributed by atoms with Crippen molar-refractivity contribution in [1.82, 2.24) is 0 Å². The average molecular weight is 459 g/mol. The second kappa shape index (κ2) is 9.57. The molecule has 5 heteroatoms. The fourth-order valence-corrected chi connectivity index (χ4v) is 6.10. The van der Waals surface area contributed by atoms with Gasteiger partial charge in [-0.2, -0.15) is 0 Å². The Morgan fingerprint density at radius 3 is 2.26 bits per heavy atom. The van der Waals surface area contributed by atoms with E-state index in [1.54, 1.807) is 24.3 Å². The molecule has 176 valence electrons. The number of ether oxygens (including phenoxy) is 2. The largest absolute Gasteiger partial charge is 0.462 e. The minimum absolute atomic E-state index is 0.0406. The molecule has 0 unspecified atom stereocenters. The van der Waals surface area contributed by atoms with Crippen LogP contribution in [0.5, 0.6) is 0 Å². The van der Waals surface area contributed by atoms with Crippen LogP contribution in [0.3, 0.4) is 0 Å². The Balaban J connectivity index is 1.36. The van der Waals surface area contributed by atoms with Crippen molar-refractivity contribution in [3.05, 3.63) is 83.9 Å². The zero-order chi connectivity index (χ0) is 23.5. The molecule has 2 aromatic carbocycles. The van der Waals surface area contributed by atoms with E-state index in [9.17, 15) is 14.4 Å². The molecular formula is C29H30O5. The zero-order valence-corrected chi connectivity index (χ0v) is 19.2. The third kappa shape index (κ3) is 4.31. The average Bonchev–Trinajstić information content (AvgIpc) is 3.07. The number of esters is 2. The van der Waals surface area contributed by atoms with Crippen molar-refractivity contribution in [1.29, 1.82) is 0 Å². The molecule has 0 radical (unpaired) electrons. The summed E-state index contributed by atoms with van der Waals surface area (Å²) >= 11 is 0. The monoisotopic (exact) mass is 458 g/mol. The highest BCUT2D eigenvalue weighted by atomic mass is 16.5. The Hall–Kier alpha value is -3.21. The van der Waals surface area contributed by atoms with Crippen LogP contribution < -0.4 is 0 Å². The van der Waals surface area contributed by atoms with Crippen molar-refractivity contribution >= 4 is 17.7 Å². The number of benzene rings is 2. The molecule has 34 heavy (non-hydrogen) atoms. The van der Waals surface area contributed by atoms with Gasteiger partial charge in [0, 0.05) is 11.8 Å². The van der Waals surface area contributed by atoms with Crippen LogP contribution in [-0.4, -0.2) is 30.4 Å². The molecule has 3 aliphatic rings. The number of Topliss-reactive ketones (excluding diaryl/α,β-unsaturated/α-hetero) is 1. The van der Waals surface area contributed by atoms with Crippen molar-refractivity contribution in [2.24, 2.45) is 23.2 Å². The second-order valence-corrected chi connectivity index (χ2v) is 9.85. The Bertz CT molecular complexity index is 1080. The van der Waals surface area contributed by atoms with Gasteiger partial charge in [-0.1, -0.05) is 55.3 Å². The van der Waals surface area contributed by atoms with Gasteiger partial charge in [-0.15, -0.1) is 0 Å². The molecule has 0 aliphatic heterocycles. The summed E-state index contributed by atoms with van der Waals surface area (Å²) in [5.74, 6) is -0.563. The van der Waals surface area contributed by atoms with Gasteiger partial charge in [-0.05, 0) is 61.9 Å². The van der Waals surface area contributed by atoms with Crippen molar-refractivity contribution < 1.29 is 23.9 Å². The summed E-state index contributed by atoms with van der Waals surface area (Å²) in [6.45, 7) is 0.267. The quantitative estimate of drug-likeness (QED) is 0.443. The first kappa shape index (κ1) is 22.6. The SMILES string of the molecule is O=C(OC[C@H]1C[C@H]2CCCC[C@@]3(C=C[C@H](OC(=O)c4ccccc4)[C@H]3C1)C2=O)c1ccccc1. The van der Waals surface area contributed by atoms with Crippen molar-refractivity contribution in [2.75, 3.05) is 6.61 Å². The summed E-state index contributed by atoms with van der Waals surface area (Å²) in [4.78, 5) is 39.1. The number of hydrogen-bond donors (Lipinski definition) is 0. The molecule has 0 saturated heterocycles. The highest BCUT2D eigenvalue weighted by Gasteiger charge is 2.55. The van der Waals surface area contributed by atoms with E-state index in [0.717, 1.165) is 25.7 Å². The standard InChI is InChI=1S/C29H30O5/c30-26-23-13-7-8-15-29(26)16-14-25(34-28(32)22-11-5-2-6-12-22)24(29)18-20(17-23)19-33-27(31)21-9-3-1-4-10-21/h1-6,9-12,14,16,20,23-25H,7-8,13,15,17-19H2/t20-,23+,24+,25-,29-/m0/s1. The molecule has 2 fully saturated rings. The van der Waals surface area contributed by atoms with E-state index in [0.29, 0.717) is 24.0 Å². The molecule has 5 rings (SSSR count). The number of rotatable bonds is 5. The van der Waals surface area contributed by atoms with E-state index in [-0.39, 0.29) is 42.1 Å². The van der Waals surface area contributed by atoms with Crippen LogP contribution >= 0.6 is 0 Å². The van der Waals surface area contributed by atoms with Gasteiger partial charge in [-0.25, -0.2) is 9.59 Å². The number of carbonyl (C=O) groups is 3. The molecule has 0 N–H and O–H groups in total. The zero-order valence-electron chi connectivity index (χ0n) is 19.2. The van der Waals surface area contributed by atoms with Crippen LogP contribution in [0.4, 0.5) is 0 Å². The van der Waals surface area contributed by atoms with E-state index in [1.165, 1.54) is 0 Å². The molecule has 0 aromatic heterocycles. The van der Waals surface area contributed by atoms with Crippen LogP contribution in [0.1, 0.15) is 59.2 Å². The van der Waals surface area contributed by atoms with Gasteiger partial charge in [0.2, 0.25) is 0 Å². The van der Waals surface area contributed by atoms with E-state index < -0.39 is 11.5 Å². The van der Waals surface area contributed by atoms with Gasteiger partial charge in [0.1, 0.15) is 11.9 Å². The smallest absolute Gasteiger partial charge is 0.338 e. The normalized spacial score (nSPS) is 30.1. The predicted octanol–water partition coefficient (Wildman–Crippen LogP) is 5.41. The van der Waals surface area contributed by atoms with Gasteiger partial charge >= 0.3 is 11.9 Å². The number of fused-ring (bicyclic) bond motifs is 1. The van der Waals surface area contributed by atoms with Crippen LogP contribution in [0.15, 0.2) is 72.8 Å². The molecule has 2 aromatic rings. The van der Waals surface area contributed by atoms with E-state index in [2.05, 4.69) is 0 Å². The van der Waals surface area contributed by atoms with Gasteiger partial charge in [0.25, 0.3) is 0 Å². The summed E-state index contributed by atoms with van der Waals surface area (Å²) in [6, 6.07) is 17.9. The van der Waals surface area contributed by atoms with E-state index in [1.807, 2.05) is 48.6 Å². The number of carbonyl (C=O) groups excluding carboxylic acids is 3. The molecular weight excluding hydrogens is 428 g/mol. The molecule has 2 saturated carbocycles. The second-order valence-electron chi connectivity index (χ2n) is 9.85. The Morgan fingerprint density at radius 1 is 0.882 bits per heavy atom.